The summed E-state index contributed by atoms with van der Waals surface area (Å²) >= 11 is 5.85. The van der Waals surface area contributed by atoms with E-state index in [1.54, 1.807) is 24.3 Å². The average molecular weight is 373 g/mol. The molecule has 0 saturated carbocycles. The molecule has 26 heavy (non-hydrogen) atoms. The van der Waals surface area contributed by atoms with E-state index in [0.717, 1.165) is 16.7 Å². The molecule has 3 aromatic rings. The normalized spacial score (nSPS) is 10.6. The van der Waals surface area contributed by atoms with Gasteiger partial charge in [0.25, 0.3) is 5.89 Å². The summed E-state index contributed by atoms with van der Waals surface area (Å²) < 4.78 is 15.6. The van der Waals surface area contributed by atoms with Gasteiger partial charge in [-0.05, 0) is 61.4 Å². The molecule has 0 unspecified atom stereocenters. The van der Waals surface area contributed by atoms with E-state index in [0.29, 0.717) is 16.6 Å². The van der Waals surface area contributed by atoms with Gasteiger partial charge in [0.15, 0.2) is 13.2 Å². The molecule has 0 aliphatic carbocycles. The smallest absolute Gasteiger partial charge is 0.344 e. The van der Waals surface area contributed by atoms with E-state index in [9.17, 15) is 4.79 Å². The standard InChI is InChI=1S/C19H17ClN2O4/c1-12-7-13(2)9-16(8-12)24-11-18(23)25-10-17-21-19(22-26-17)14-3-5-15(20)6-4-14/h3-9H,10-11H2,1-2H3. The van der Waals surface area contributed by atoms with Gasteiger partial charge in [-0.2, -0.15) is 4.98 Å². The zero-order valence-corrected chi connectivity index (χ0v) is 15.1. The molecule has 0 N–H and O–H groups in total. The molecule has 3 rings (SSSR count). The number of benzene rings is 2. The lowest BCUT2D eigenvalue weighted by Gasteiger charge is -2.07. The Morgan fingerprint density at radius 3 is 2.50 bits per heavy atom. The summed E-state index contributed by atoms with van der Waals surface area (Å²) in [7, 11) is 0. The number of carbonyl (C=O) groups excluding carboxylic acids is 1. The number of aryl methyl sites for hydroxylation is 2. The van der Waals surface area contributed by atoms with Crippen molar-refractivity contribution in [2.45, 2.75) is 20.5 Å². The van der Waals surface area contributed by atoms with Crippen LogP contribution in [-0.2, 0) is 16.1 Å². The Labute approximate surface area is 155 Å². The van der Waals surface area contributed by atoms with Crippen molar-refractivity contribution in [3.63, 3.8) is 0 Å². The molecule has 0 aliphatic rings. The third-order valence-corrected chi connectivity index (χ3v) is 3.73. The highest BCUT2D eigenvalue weighted by atomic mass is 35.5. The maximum atomic E-state index is 11.8. The first-order valence-corrected chi connectivity index (χ1v) is 8.32. The molecule has 134 valence electrons. The van der Waals surface area contributed by atoms with Gasteiger partial charge in [0.1, 0.15) is 5.75 Å². The van der Waals surface area contributed by atoms with Crippen LogP contribution >= 0.6 is 11.6 Å². The first kappa shape index (κ1) is 17.9. The maximum absolute atomic E-state index is 11.8. The summed E-state index contributed by atoms with van der Waals surface area (Å²) in [6, 6.07) is 12.8. The van der Waals surface area contributed by atoms with Crippen molar-refractivity contribution in [1.82, 2.24) is 10.1 Å². The SMILES string of the molecule is Cc1cc(C)cc(OCC(=O)OCc2nc(-c3ccc(Cl)cc3)no2)c1. The summed E-state index contributed by atoms with van der Waals surface area (Å²) in [5.41, 5.74) is 2.89. The molecule has 0 radical (unpaired) electrons. The Kier molecular flexibility index (Phi) is 5.53. The fourth-order valence-electron chi connectivity index (χ4n) is 2.37. The second-order valence-corrected chi connectivity index (χ2v) is 6.23. The van der Waals surface area contributed by atoms with Crippen LogP contribution in [0.3, 0.4) is 0 Å². The van der Waals surface area contributed by atoms with Gasteiger partial charge in [0.2, 0.25) is 5.82 Å². The van der Waals surface area contributed by atoms with Gasteiger partial charge >= 0.3 is 5.97 Å². The van der Waals surface area contributed by atoms with Crippen molar-refractivity contribution in [1.29, 1.82) is 0 Å². The molecular weight excluding hydrogens is 356 g/mol. The Morgan fingerprint density at radius 1 is 1.12 bits per heavy atom. The van der Waals surface area contributed by atoms with E-state index < -0.39 is 5.97 Å². The molecule has 1 aromatic heterocycles. The molecule has 6 nitrogen and oxygen atoms in total. The molecule has 0 spiro atoms. The Morgan fingerprint density at radius 2 is 1.81 bits per heavy atom. The second-order valence-electron chi connectivity index (χ2n) is 5.79. The van der Waals surface area contributed by atoms with Crippen LogP contribution in [0.1, 0.15) is 17.0 Å². The van der Waals surface area contributed by atoms with Crippen LogP contribution in [0.25, 0.3) is 11.4 Å². The minimum Gasteiger partial charge on any atom is -0.482 e. The van der Waals surface area contributed by atoms with E-state index >= 15 is 0 Å². The molecule has 0 amide bonds. The van der Waals surface area contributed by atoms with Crippen molar-refractivity contribution >= 4 is 17.6 Å². The van der Waals surface area contributed by atoms with E-state index in [1.165, 1.54) is 0 Å². The molecule has 0 atom stereocenters. The van der Waals surface area contributed by atoms with Crippen molar-refractivity contribution in [3.8, 4) is 17.1 Å². The summed E-state index contributed by atoms with van der Waals surface area (Å²) in [5, 5.41) is 4.48. The van der Waals surface area contributed by atoms with Crippen LogP contribution in [0.15, 0.2) is 47.0 Å². The number of hydrogen-bond donors (Lipinski definition) is 0. The number of nitrogens with zero attached hydrogens (tertiary/aromatic N) is 2. The number of halogens is 1. The zero-order chi connectivity index (χ0) is 18.5. The molecule has 0 fully saturated rings. The lowest BCUT2D eigenvalue weighted by Crippen LogP contribution is -2.15. The predicted octanol–water partition coefficient (Wildman–Crippen LogP) is 4.13. The minimum absolute atomic E-state index is 0.115. The van der Waals surface area contributed by atoms with Crippen LogP contribution in [0, 0.1) is 13.8 Å². The highest BCUT2D eigenvalue weighted by Crippen LogP contribution is 2.19. The summed E-state index contributed by atoms with van der Waals surface area (Å²) in [4.78, 5) is 16.0. The fourth-order valence-corrected chi connectivity index (χ4v) is 2.50. The third-order valence-electron chi connectivity index (χ3n) is 3.48. The van der Waals surface area contributed by atoms with Crippen LogP contribution in [0.5, 0.6) is 5.75 Å². The van der Waals surface area contributed by atoms with Crippen LogP contribution in [0.2, 0.25) is 5.02 Å². The van der Waals surface area contributed by atoms with Crippen molar-refractivity contribution in [2.75, 3.05) is 6.61 Å². The van der Waals surface area contributed by atoms with Gasteiger partial charge in [-0.15, -0.1) is 0 Å². The summed E-state index contributed by atoms with van der Waals surface area (Å²) in [5.74, 6) is 0.714. The van der Waals surface area contributed by atoms with Gasteiger partial charge in [0, 0.05) is 10.6 Å². The van der Waals surface area contributed by atoms with Gasteiger partial charge in [0.05, 0.1) is 0 Å². The number of aromatic nitrogens is 2. The Balaban J connectivity index is 1.51. The first-order chi connectivity index (χ1) is 12.5. The van der Waals surface area contributed by atoms with E-state index in [1.807, 2.05) is 32.0 Å². The lowest BCUT2D eigenvalue weighted by atomic mass is 10.1. The van der Waals surface area contributed by atoms with Gasteiger partial charge < -0.3 is 14.0 Å². The molecule has 2 aromatic carbocycles. The number of carbonyl (C=O) groups is 1. The van der Waals surface area contributed by atoms with Crippen molar-refractivity contribution in [2.24, 2.45) is 0 Å². The van der Waals surface area contributed by atoms with Crippen molar-refractivity contribution in [3.05, 3.63) is 64.5 Å². The third kappa shape index (κ3) is 4.83. The quantitative estimate of drug-likeness (QED) is 0.606. The monoisotopic (exact) mass is 372 g/mol. The van der Waals surface area contributed by atoms with E-state index in [4.69, 9.17) is 25.6 Å². The summed E-state index contributed by atoms with van der Waals surface area (Å²) in [6.45, 7) is 3.62. The predicted molar refractivity (Wildman–Crippen MR) is 96.0 cm³/mol. The molecule has 0 bridgehead atoms. The number of rotatable bonds is 6. The first-order valence-electron chi connectivity index (χ1n) is 7.95. The lowest BCUT2D eigenvalue weighted by molar-refractivity contribution is -0.148. The molecule has 0 saturated heterocycles. The van der Waals surface area contributed by atoms with Crippen LogP contribution in [0.4, 0.5) is 0 Å². The highest BCUT2D eigenvalue weighted by molar-refractivity contribution is 6.30. The highest BCUT2D eigenvalue weighted by Gasteiger charge is 2.12. The fraction of sp³-hybridized carbons (Fsp3) is 0.211. The molecule has 1 heterocycles. The number of hydrogen-bond acceptors (Lipinski definition) is 6. The van der Waals surface area contributed by atoms with E-state index in [2.05, 4.69) is 10.1 Å². The zero-order valence-electron chi connectivity index (χ0n) is 14.4. The Bertz CT molecular complexity index is 886. The second kappa shape index (κ2) is 8.01. The van der Waals surface area contributed by atoms with Crippen LogP contribution in [-0.4, -0.2) is 22.7 Å². The molecular formula is C19H17ClN2O4. The van der Waals surface area contributed by atoms with Gasteiger partial charge in [-0.25, -0.2) is 4.79 Å². The molecule has 7 heteroatoms. The topological polar surface area (TPSA) is 74.5 Å². The van der Waals surface area contributed by atoms with Gasteiger partial charge in [-0.1, -0.05) is 22.8 Å². The van der Waals surface area contributed by atoms with Crippen LogP contribution < -0.4 is 4.74 Å². The minimum atomic E-state index is -0.518. The maximum Gasteiger partial charge on any atom is 0.344 e. The van der Waals surface area contributed by atoms with Gasteiger partial charge in [-0.3, -0.25) is 0 Å². The largest absolute Gasteiger partial charge is 0.482 e. The number of ether oxygens (including phenoxy) is 2. The Hall–Kier alpha value is -2.86. The van der Waals surface area contributed by atoms with Crippen molar-refractivity contribution < 1.29 is 18.8 Å². The summed E-state index contributed by atoms with van der Waals surface area (Å²) in [6.07, 6.45) is 0. The number of esters is 1. The average Bonchev–Trinajstić information content (AvgIpc) is 3.07. The van der Waals surface area contributed by atoms with E-state index in [-0.39, 0.29) is 19.1 Å². The molecule has 0 aliphatic heterocycles.